The maximum atomic E-state index is 13.0. The van der Waals surface area contributed by atoms with Gasteiger partial charge >= 0.3 is 0 Å². The molecule has 1 aliphatic rings. The number of hydrogen-bond donors (Lipinski definition) is 1. The molecule has 1 fully saturated rings. The summed E-state index contributed by atoms with van der Waals surface area (Å²) in [5.74, 6) is 0.0515. The molecule has 3 nitrogen and oxygen atoms in total. The summed E-state index contributed by atoms with van der Waals surface area (Å²) in [4.78, 5) is 6.20. The number of rotatable bonds is 3. The molecule has 0 unspecified atom stereocenters. The maximum Gasteiger partial charge on any atom is 0.214 e. The van der Waals surface area contributed by atoms with Gasteiger partial charge in [0, 0.05) is 24.5 Å². The Labute approximate surface area is 118 Å². The SMILES string of the molecule is Fc1cccc(Nc2ccc(N3CCCCC3)cc2)n1. The summed E-state index contributed by atoms with van der Waals surface area (Å²) in [5, 5.41) is 3.11. The van der Waals surface area contributed by atoms with Crippen molar-refractivity contribution in [3.63, 3.8) is 0 Å². The third-order valence-electron chi connectivity index (χ3n) is 3.58. The van der Waals surface area contributed by atoms with Gasteiger partial charge in [-0.1, -0.05) is 6.07 Å². The van der Waals surface area contributed by atoms with Gasteiger partial charge in [-0.3, -0.25) is 0 Å². The second-order valence-corrected chi connectivity index (χ2v) is 5.07. The van der Waals surface area contributed by atoms with Crippen LogP contribution >= 0.6 is 0 Å². The van der Waals surface area contributed by atoms with E-state index in [4.69, 9.17) is 0 Å². The molecule has 3 rings (SSSR count). The van der Waals surface area contributed by atoms with Crippen LogP contribution in [-0.4, -0.2) is 18.1 Å². The Balaban J connectivity index is 1.69. The van der Waals surface area contributed by atoms with Gasteiger partial charge in [-0.05, 0) is 55.7 Å². The summed E-state index contributed by atoms with van der Waals surface area (Å²) in [6, 6.07) is 13.0. The number of benzene rings is 1. The average Bonchev–Trinajstić information content (AvgIpc) is 2.49. The Morgan fingerprint density at radius 2 is 1.70 bits per heavy atom. The number of nitrogens with zero attached hydrogens (tertiary/aromatic N) is 2. The van der Waals surface area contributed by atoms with Gasteiger partial charge in [0.05, 0.1) is 0 Å². The molecule has 1 saturated heterocycles. The molecule has 0 atom stereocenters. The van der Waals surface area contributed by atoms with E-state index in [9.17, 15) is 4.39 Å². The molecule has 2 aromatic rings. The van der Waals surface area contributed by atoms with Crippen molar-refractivity contribution in [3.8, 4) is 0 Å². The molecule has 20 heavy (non-hydrogen) atoms. The largest absolute Gasteiger partial charge is 0.372 e. The fraction of sp³-hybridized carbons (Fsp3) is 0.312. The summed E-state index contributed by atoms with van der Waals surface area (Å²) >= 11 is 0. The quantitative estimate of drug-likeness (QED) is 0.857. The third-order valence-corrected chi connectivity index (χ3v) is 3.58. The lowest BCUT2D eigenvalue weighted by Gasteiger charge is -2.28. The minimum absolute atomic E-state index is 0.472. The minimum atomic E-state index is -0.472. The van der Waals surface area contributed by atoms with E-state index in [2.05, 4.69) is 27.3 Å². The molecule has 0 radical (unpaired) electrons. The van der Waals surface area contributed by atoms with E-state index < -0.39 is 5.95 Å². The predicted molar refractivity (Wildman–Crippen MR) is 80.0 cm³/mol. The van der Waals surface area contributed by atoms with Crippen molar-refractivity contribution in [1.29, 1.82) is 0 Å². The average molecular weight is 271 g/mol. The van der Waals surface area contributed by atoms with Crippen LogP contribution in [-0.2, 0) is 0 Å². The first-order valence-electron chi connectivity index (χ1n) is 7.06. The smallest absolute Gasteiger partial charge is 0.214 e. The van der Waals surface area contributed by atoms with Crippen molar-refractivity contribution in [2.45, 2.75) is 19.3 Å². The normalized spacial score (nSPS) is 15.2. The summed E-state index contributed by atoms with van der Waals surface area (Å²) < 4.78 is 13.0. The van der Waals surface area contributed by atoms with Crippen LogP contribution in [0.3, 0.4) is 0 Å². The van der Waals surface area contributed by atoms with Gasteiger partial charge in [0.2, 0.25) is 5.95 Å². The molecule has 1 N–H and O–H groups in total. The van der Waals surface area contributed by atoms with Gasteiger partial charge in [-0.2, -0.15) is 4.39 Å². The zero-order valence-corrected chi connectivity index (χ0v) is 11.3. The Hall–Kier alpha value is -2.10. The molecular weight excluding hydrogens is 253 g/mol. The fourth-order valence-electron chi connectivity index (χ4n) is 2.53. The van der Waals surface area contributed by atoms with E-state index in [0.29, 0.717) is 5.82 Å². The first-order chi connectivity index (χ1) is 9.81. The molecule has 0 spiro atoms. The standard InChI is InChI=1S/C16H18FN3/c17-15-5-4-6-16(19-15)18-13-7-9-14(10-8-13)20-11-2-1-3-12-20/h4-10H,1-3,11-12H2,(H,18,19). The molecule has 0 saturated carbocycles. The molecule has 1 aromatic heterocycles. The first kappa shape index (κ1) is 12.9. The molecule has 104 valence electrons. The van der Waals surface area contributed by atoms with Gasteiger partial charge < -0.3 is 10.2 Å². The Morgan fingerprint density at radius 1 is 0.950 bits per heavy atom. The summed E-state index contributed by atoms with van der Waals surface area (Å²) in [6.07, 6.45) is 3.88. The van der Waals surface area contributed by atoms with Crippen LogP contribution in [0.1, 0.15) is 19.3 Å². The highest BCUT2D eigenvalue weighted by Gasteiger charge is 2.10. The second-order valence-electron chi connectivity index (χ2n) is 5.07. The number of pyridine rings is 1. The number of hydrogen-bond acceptors (Lipinski definition) is 3. The van der Waals surface area contributed by atoms with E-state index >= 15 is 0 Å². The lowest BCUT2D eigenvalue weighted by molar-refractivity contribution is 0.578. The van der Waals surface area contributed by atoms with Crippen molar-refractivity contribution in [3.05, 3.63) is 48.4 Å². The molecular formula is C16H18FN3. The zero-order chi connectivity index (χ0) is 13.8. The van der Waals surface area contributed by atoms with Crippen molar-refractivity contribution >= 4 is 17.2 Å². The van der Waals surface area contributed by atoms with Crippen LogP contribution in [0.2, 0.25) is 0 Å². The van der Waals surface area contributed by atoms with Crippen LogP contribution in [0.15, 0.2) is 42.5 Å². The van der Waals surface area contributed by atoms with E-state index in [0.717, 1.165) is 18.8 Å². The molecule has 0 aliphatic carbocycles. The van der Waals surface area contributed by atoms with Crippen LogP contribution in [0.4, 0.5) is 21.6 Å². The molecule has 0 amide bonds. The minimum Gasteiger partial charge on any atom is -0.372 e. The Morgan fingerprint density at radius 3 is 2.40 bits per heavy atom. The Kier molecular flexibility index (Phi) is 3.81. The predicted octanol–water partition coefficient (Wildman–Crippen LogP) is 3.95. The molecule has 1 aromatic carbocycles. The van der Waals surface area contributed by atoms with Gasteiger partial charge in [0.15, 0.2) is 0 Å². The van der Waals surface area contributed by atoms with E-state index in [-0.39, 0.29) is 0 Å². The van der Waals surface area contributed by atoms with E-state index in [1.54, 1.807) is 12.1 Å². The molecule has 4 heteroatoms. The monoisotopic (exact) mass is 271 g/mol. The highest BCUT2D eigenvalue weighted by Crippen LogP contribution is 2.23. The number of nitrogens with one attached hydrogen (secondary N) is 1. The van der Waals surface area contributed by atoms with Crippen LogP contribution in [0.25, 0.3) is 0 Å². The van der Waals surface area contributed by atoms with Crippen LogP contribution < -0.4 is 10.2 Å². The third kappa shape index (κ3) is 3.07. The zero-order valence-electron chi connectivity index (χ0n) is 11.3. The maximum absolute atomic E-state index is 13.0. The Bertz CT molecular complexity index is 562. The number of piperidine rings is 1. The first-order valence-corrected chi connectivity index (χ1v) is 7.06. The number of anilines is 3. The molecule has 0 bridgehead atoms. The lowest BCUT2D eigenvalue weighted by atomic mass is 10.1. The molecule has 1 aliphatic heterocycles. The lowest BCUT2D eigenvalue weighted by Crippen LogP contribution is -2.29. The van der Waals surface area contributed by atoms with Crippen molar-refractivity contribution in [2.24, 2.45) is 0 Å². The van der Waals surface area contributed by atoms with Gasteiger partial charge in [0.25, 0.3) is 0 Å². The van der Waals surface area contributed by atoms with Crippen LogP contribution in [0.5, 0.6) is 0 Å². The highest BCUT2D eigenvalue weighted by atomic mass is 19.1. The van der Waals surface area contributed by atoms with Gasteiger partial charge in [-0.25, -0.2) is 4.98 Å². The van der Waals surface area contributed by atoms with Crippen LogP contribution in [0, 0.1) is 5.95 Å². The highest BCUT2D eigenvalue weighted by molar-refractivity contribution is 5.60. The van der Waals surface area contributed by atoms with Gasteiger partial charge in [0.1, 0.15) is 5.82 Å². The summed E-state index contributed by atoms with van der Waals surface area (Å²) in [6.45, 7) is 2.27. The second kappa shape index (κ2) is 5.90. The fourth-order valence-corrected chi connectivity index (χ4v) is 2.53. The van der Waals surface area contributed by atoms with Crippen molar-refractivity contribution in [2.75, 3.05) is 23.3 Å². The van der Waals surface area contributed by atoms with Gasteiger partial charge in [-0.15, -0.1) is 0 Å². The summed E-state index contributed by atoms with van der Waals surface area (Å²) in [7, 11) is 0. The van der Waals surface area contributed by atoms with Crippen molar-refractivity contribution < 1.29 is 4.39 Å². The van der Waals surface area contributed by atoms with E-state index in [1.807, 2.05) is 12.1 Å². The van der Waals surface area contributed by atoms with Crippen molar-refractivity contribution in [1.82, 2.24) is 4.98 Å². The topological polar surface area (TPSA) is 28.2 Å². The van der Waals surface area contributed by atoms with E-state index in [1.165, 1.54) is 31.0 Å². The number of halogens is 1. The number of aromatic nitrogens is 1. The molecule has 2 heterocycles. The summed E-state index contributed by atoms with van der Waals surface area (Å²) in [5.41, 5.74) is 2.17.